The Morgan fingerprint density at radius 2 is 2.35 bits per heavy atom. The molecule has 17 heavy (non-hydrogen) atoms. The normalized spacial score (nSPS) is 19.3. The van der Waals surface area contributed by atoms with Crippen LogP contribution < -0.4 is 10.6 Å². The molecule has 0 radical (unpaired) electrons. The lowest BCUT2D eigenvalue weighted by molar-refractivity contribution is 0.530. The molecule has 2 N–H and O–H groups in total. The lowest BCUT2D eigenvalue weighted by atomic mass is 10.0. The second-order valence-electron chi connectivity index (χ2n) is 4.77. The van der Waals surface area contributed by atoms with Crippen molar-refractivity contribution in [3.05, 3.63) is 23.8 Å². The minimum absolute atomic E-state index is 0.635. The van der Waals surface area contributed by atoms with E-state index in [-0.39, 0.29) is 0 Å². The zero-order valence-corrected chi connectivity index (χ0v) is 10.3. The van der Waals surface area contributed by atoms with Crippen molar-refractivity contribution in [2.75, 3.05) is 23.7 Å². The molecule has 0 aliphatic carbocycles. The fourth-order valence-corrected chi connectivity index (χ4v) is 2.61. The third-order valence-electron chi connectivity index (χ3n) is 3.48. The average Bonchev–Trinajstić information content (AvgIpc) is 2.78. The van der Waals surface area contributed by atoms with Crippen molar-refractivity contribution in [1.82, 2.24) is 0 Å². The zero-order chi connectivity index (χ0) is 12.3. The molecule has 1 fully saturated rings. The Morgan fingerprint density at radius 3 is 3.00 bits per heavy atom. The van der Waals surface area contributed by atoms with E-state index in [2.05, 4.69) is 17.9 Å². The topological polar surface area (TPSA) is 53.0 Å². The molecule has 1 heterocycles. The van der Waals surface area contributed by atoms with Crippen LogP contribution in [0.2, 0.25) is 0 Å². The van der Waals surface area contributed by atoms with Crippen LogP contribution in [0.5, 0.6) is 0 Å². The van der Waals surface area contributed by atoms with Gasteiger partial charge in [0.05, 0.1) is 23.0 Å². The number of nitriles is 1. The van der Waals surface area contributed by atoms with Crippen molar-refractivity contribution >= 4 is 11.4 Å². The van der Waals surface area contributed by atoms with Crippen LogP contribution in [0.25, 0.3) is 0 Å². The molecule has 0 amide bonds. The van der Waals surface area contributed by atoms with Crippen LogP contribution >= 0.6 is 0 Å². The van der Waals surface area contributed by atoms with Crippen molar-refractivity contribution in [2.24, 2.45) is 5.92 Å². The van der Waals surface area contributed by atoms with Gasteiger partial charge in [0, 0.05) is 13.1 Å². The molecular formula is C14H19N3. The molecule has 1 aliphatic rings. The third kappa shape index (κ3) is 2.52. The van der Waals surface area contributed by atoms with Gasteiger partial charge in [-0.15, -0.1) is 0 Å². The van der Waals surface area contributed by atoms with Crippen molar-refractivity contribution in [2.45, 2.75) is 26.2 Å². The molecule has 1 aromatic carbocycles. The van der Waals surface area contributed by atoms with Gasteiger partial charge in [-0.2, -0.15) is 5.26 Å². The molecule has 1 aromatic rings. The SMILES string of the molecule is CCCC1CCN(c2ccc(C#N)cc2N)C1. The first-order valence-electron chi connectivity index (χ1n) is 6.29. The molecule has 0 saturated carbocycles. The average molecular weight is 229 g/mol. The van der Waals surface area contributed by atoms with Gasteiger partial charge in [0.1, 0.15) is 0 Å². The van der Waals surface area contributed by atoms with Gasteiger partial charge in [-0.05, 0) is 37.0 Å². The summed E-state index contributed by atoms with van der Waals surface area (Å²) in [6.45, 7) is 4.42. The van der Waals surface area contributed by atoms with Crippen LogP contribution in [0, 0.1) is 17.2 Å². The van der Waals surface area contributed by atoms with Crippen LogP contribution in [-0.2, 0) is 0 Å². The second-order valence-corrected chi connectivity index (χ2v) is 4.77. The van der Waals surface area contributed by atoms with E-state index in [9.17, 15) is 0 Å². The Bertz CT molecular complexity index is 434. The molecule has 1 atom stereocenters. The van der Waals surface area contributed by atoms with E-state index < -0.39 is 0 Å². The maximum atomic E-state index is 8.81. The molecule has 1 aliphatic heterocycles. The molecule has 1 unspecified atom stereocenters. The molecule has 90 valence electrons. The third-order valence-corrected chi connectivity index (χ3v) is 3.48. The van der Waals surface area contributed by atoms with Gasteiger partial charge < -0.3 is 10.6 Å². The summed E-state index contributed by atoms with van der Waals surface area (Å²) in [5.74, 6) is 0.801. The highest BCUT2D eigenvalue weighted by atomic mass is 15.2. The van der Waals surface area contributed by atoms with Crippen LogP contribution in [-0.4, -0.2) is 13.1 Å². The quantitative estimate of drug-likeness (QED) is 0.811. The summed E-state index contributed by atoms with van der Waals surface area (Å²) in [7, 11) is 0. The van der Waals surface area contributed by atoms with Gasteiger partial charge in [-0.25, -0.2) is 0 Å². The Balaban J connectivity index is 2.11. The van der Waals surface area contributed by atoms with Gasteiger partial charge in [0.15, 0.2) is 0 Å². The molecule has 3 nitrogen and oxygen atoms in total. The minimum atomic E-state index is 0.635. The summed E-state index contributed by atoms with van der Waals surface area (Å²) >= 11 is 0. The fourth-order valence-electron chi connectivity index (χ4n) is 2.61. The maximum absolute atomic E-state index is 8.81. The van der Waals surface area contributed by atoms with Gasteiger partial charge in [0.2, 0.25) is 0 Å². The van der Waals surface area contributed by atoms with Gasteiger partial charge >= 0.3 is 0 Å². The van der Waals surface area contributed by atoms with Crippen molar-refractivity contribution in [3.63, 3.8) is 0 Å². The maximum Gasteiger partial charge on any atom is 0.0992 e. The highest BCUT2D eigenvalue weighted by Gasteiger charge is 2.23. The molecular weight excluding hydrogens is 210 g/mol. The monoisotopic (exact) mass is 229 g/mol. The first kappa shape index (κ1) is 11.8. The summed E-state index contributed by atoms with van der Waals surface area (Å²) in [5, 5.41) is 8.81. The fraction of sp³-hybridized carbons (Fsp3) is 0.500. The molecule has 0 bridgehead atoms. The van der Waals surface area contributed by atoms with Crippen LogP contribution in [0.4, 0.5) is 11.4 Å². The second kappa shape index (κ2) is 5.09. The Hall–Kier alpha value is -1.69. The van der Waals surface area contributed by atoms with Gasteiger partial charge in [-0.3, -0.25) is 0 Å². The number of rotatable bonds is 3. The number of nitrogens with two attached hydrogens (primary N) is 1. The number of hydrogen-bond donors (Lipinski definition) is 1. The molecule has 0 aromatic heterocycles. The van der Waals surface area contributed by atoms with E-state index in [0.29, 0.717) is 5.56 Å². The predicted molar refractivity (Wildman–Crippen MR) is 70.8 cm³/mol. The zero-order valence-electron chi connectivity index (χ0n) is 10.3. The Kier molecular flexibility index (Phi) is 3.53. The van der Waals surface area contributed by atoms with E-state index in [1.165, 1.54) is 19.3 Å². The largest absolute Gasteiger partial charge is 0.397 e. The van der Waals surface area contributed by atoms with Crippen LogP contribution in [0.1, 0.15) is 31.7 Å². The summed E-state index contributed by atoms with van der Waals surface area (Å²) < 4.78 is 0. The van der Waals surface area contributed by atoms with E-state index >= 15 is 0 Å². The lowest BCUT2D eigenvalue weighted by Gasteiger charge is -2.20. The van der Waals surface area contributed by atoms with Crippen molar-refractivity contribution in [1.29, 1.82) is 5.26 Å². The Morgan fingerprint density at radius 1 is 1.53 bits per heavy atom. The van der Waals surface area contributed by atoms with E-state index in [1.807, 2.05) is 12.1 Å². The highest BCUT2D eigenvalue weighted by molar-refractivity contribution is 5.69. The summed E-state index contributed by atoms with van der Waals surface area (Å²) in [5.41, 5.74) is 8.45. The summed E-state index contributed by atoms with van der Waals surface area (Å²) in [6.07, 6.45) is 3.81. The number of nitrogens with zero attached hydrogens (tertiary/aromatic N) is 2. The van der Waals surface area contributed by atoms with Gasteiger partial charge in [0.25, 0.3) is 0 Å². The standard InChI is InChI=1S/C14H19N3/c1-2-3-11-6-7-17(10-11)14-5-4-12(9-15)8-13(14)16/h4-5,8,11H,2-3,6-7,10,16H2,1H3. The van der Waals surface area contributed by atoms with E-state index in [0.717, 1.165) is 30.4 Å². The first-order valence-corrected chi connectivity index (χ1v) is 6.29. The first-order chi connectivity index (χ1) is 8.24. The lowest BCUT2D eigenvalue weighted by Crippen LogP contribution is -2.20. The number of anilines is 2. The summed E-state index contributed by atoms with van der Waals surface area (Å²) in [6, 6.07) is 7.70. The Labute approximate surface area is 103 Å². The summed E-state index contributed by atoms with van der Waals surface area (Å²) in [4.78, 5) is 2.34. The highest BCUT2D eigenvalue weighted by Crippen LogP contribution is 2.30. The van der Waals surface area contributed by atoms with E-state index in [4.69, 9.17) is 11.0 Å². The molecule has 3 heteroatoms. The minimum Gasteiger partial charge on any atom is -0.397 e. The van der Waals surface area contributed by atoms with Crippen LogP contribution in [0.3, 0.4) is 0 Å². The van der Waals surface area contributed by atoms with Crippen LogP contribution in [0.15, 0.2) is 18.2 Å². The smallest absolute Gasteiger partial charge is 0.0992 e. The van der Waals surface area contributed by atoms with Crippen molar-refractivity contribution < 1.29 is 0 Å². The number of hydrogen-bond acceptors (Lipinski definition) is 3. The van der Waals surface area contributed by atoms with Crippen molar-refractivity contribution in [3.8, 4) is 6.07 Å². The molecule has 0 spiro atoms. The molecule has 2 rings (SSSR count). The van der Waals surface area contributed by atoms with E-state index in [1.54, 1.807) is 6.07 Å². The number of nitrogen functional groups attached to an aromatic ring is 1. The van der Waals surface area contributed by atoms with Gasteiger partial charge in [-0.1, -0.05) is 13.3 Å². The predicted octanol–water partition coefficient (Wildman–Crippen LogP) is 2.77. The number of benzene rings is 1. The molecule has 1 saturated heterocycles.